The third kappa shape index (κ3) is 4.38. The highest BCUT2D eigenvalue weighted by molar-refractivity contribution is 6.31. The fraction of sp³-hybridized carbons (Fsp3) is 0.500. The summed E-state index contributed by atoms with van der Waals surface area (Å²) in [4.78, 5) is 1.21. The van der Waals surface area contributed by atoms with Gasteiger partial charge in [-0.05, 0) is 26.0 Å². The minimum Gasteiger partial charge on any atom is -0.508 e. The number of rotatable bonds is 4. The second-order valence-corrected chi connectivity index (χ2v) is 4.76. The maximum Gasteiger partial charge on any atom is 0.401 e. The van der Waals surface area contributed by atoms with Crippen molar-refractivity contribution in [1.82, 2.24) is 4.90 Å². The highest BCUT2D eigenvalue weighted by Crippen LogP contribution is 2.28. The molecular formula is C12H15ClF3NO. The number of benzene rings is 1. The van der Waals surface area contributed by atoms with E-state index in [-0.39, 0.29) is 23.4 Å². The SMILES string of the molecule is CC(C)N(Cc1c(O)cccc1Cl)CC(F)(F)F. The van der Waals surface area contributed by atoms with Crippen molar-refractivity contribution in [3.8, 4) is 5.75 Å². The summed E-state index contributed by atoms with van der Waals surface area (Å²) in [6.45, 7) is 2.26. The zero-order valence-corrected chi connectivity index (χ0v) is 10.9. The molecule has 0 radical (unpaired) electrons. The molecule has 0 aliphatic rings. The van der Waals surface area contributed by atoms with Gasteiger partial charge in [0.1, 0.15) is 5.75 Å². The van der Waals surface area contributed by atoms with Crippen LogP contribution in [0.4, 0.5) is 13.2 Å². The van der Waals surface area contributed by atoms with Gasteiger partial charge in [-0.15, -0.1) is 0 Å². The third-order valence-electron chi connectivity index (χ3n) is 2.57. The standard InChI is InChI=1S/C12H15ClF3NO/c1-8(2)17(7-12(14,15)16)6-9-10(13)4-3-5-11(9)18/h3-5,8,18H,6-7H2,1-2H3. The second kappa shape index (κ2) is 5.80. The van der Waals surface area contributed by atoms with Crippen LogP contribution in [0.15, 0.2) is 18.2 Å². The predicted octanol–water partition coefficient (Wildman–Crippen LogP) is 3.82. The Morgan fingerprint density at radius 1 is 1.33 bits per heavy atom. The van der Waals surface area contributed by atoms with E-state index in [1.807, 2.05) is 0 Å². The molecule has 0 unspecified atom stereocenters. The normalized spacial score (nSPS) is 12.4. The Labute approximate surface area is 109 Å². The Morgan fingerprint density at radius 3 is 2.39 bits per heavy atom. The van der Waals surface area contributed by atoms with Crippen molar-refractivity contribution in [2.24, 2.45) is 0 Å². The van der Waals surface area contributed by atoms with Crippen molar-refractivity contribution in [1.29, 1.82) is 0 Å². The number of hydrogen-bond donors (Lipinski definition) is 1. The first kappa shape index (κ1) is 15.1. The highest BCUT2D eigenvalue weighted by atomic mass is 35.5. The fourth-order valence-electron chi connectivity index (χ4n) is 1.56. The van der Waals surface area contributed by atoms with E-state index >= 15 is 0 Å². The zero-order valence-electron chi connectivity index (χ0n) is 10.1. The van der Waals surface area contributed by atoms with Gasteiger partial charge in [0.25, 0.3) is 0 Å². The molecule has 0 saturated heterocycles. The smallest absolute Gasteiger partial charge is 0.401 e. The molecule has 6 heteroatoms. The van der Waals surface area contributed by atoms with Gasteiger partial charge in [-0.2, -0.15) is 13.2 Å². The molecule has 0 spiro atoms. The summed E-state index contributed by atoms with van der Waals surface area (Å²) in [5.41, 5.74) is 0.317. The molecule has 0 saturated carbocycles. The molecule has 0 aromatic heterocycles. The van der Waals surface area contributed by atoms with E-state index in [2.05, 4.69) is 0 Å². The van der Waals surface area contributed by atoms with Crippen molar-refractivity contribution in [2.45, 2.75) is 32.6 Å². The van der Waals surface area contributed by atoms with Crippen LogP contribution in [0.25, 0.3) is 0 Å². The summed E-state index contributed by atoms with van der Waals surface area (Å²) < 4.78 is 37.3. The van der Waals surface area contributed by atoms with Crippen molar-refractivity contribution >= 4 is 11.6 Å². The largest absolute Gasteiger partial charge is 0.508 e. The lowest BCUT2D eigenvalue weighted by molar-refractivity contribution is -0.150. The fourth-order valence-corrected chi connectivity index (χ4v) is 1.79. The van der Waals surface area contributed by atoms with Gasteiger partial charge in [0.05, 0.1) is 6.54 Å². The molecule has 1 N–H and O–H groups in total. The monoisotopic (exact) mass is 281 g/mol. The summed E-state index contributed by atoms with van der Waals surface area (Å²) in [6, 6.07) is 4.20. The molecule has 102 valence electrons. The van der Waals surface area contributed by atoms with Gasteiger partial charge in [-0.25, -0.2) is 0 Å². The zero-order chi connectivity index (χ0) is 13.9. The summed E-state index contributed by atoms with van der Waals surface area (Å²) >= 11 is 5.88. The third-order valence-corrected chi connectivity index (χ3v) is 2.92. The van der Waals surface area contributed by atoms with Crippen molar-refractivity contribution in [3.05, 3.63) is 28.8 Å². The van der Waals surface area contributed by atoms with Crippen LogP contribution < -0.4 is 0 Å². The number of hydrogen-bond acceptors (Lipinski definition) is 2. The number of phenols is 1. The van der Waals surface area contributed by atoms with Gasteiger partial charge in [0.2, 0.25) is 0 Å². The first-order chi connectivity index (χ1) is 8.20. The molecule has 0 fully saturated rings. The molecule has 0 amide bonds. The minimum absolute atomic E-state index is 0.0390. The minimum atomic E-state index is -4.28. The van der Waals surface area contributed by atoms with E-state index in [0.29, 0.717) is 5.56 Å². The number of aromatic hydroxyl groups is 1. The van der Waals surface area contributed by atoms with Gasteiger partial charge >= 0.3 is 6.18 Å². The summed E-state index contributed by atoms with van der Waals surface area (Å²) in [7, 11) is 0. The van der Waals surface area contributed by atoms with Gasteiger partial charge in [0, 0.05) is 23.2 Å². The van der Waals surface area contributed by atoms with Crippen LogP contribution in [0.5, 0.6) is 5.75 Å². The molecule has 0 bridgehead atoms. The van der Waals surface area contributed by atoms with Gasteiger partial charge in [-0.1, -0.05) is 17.7 Å². The predicted molar refractivity (Wildman–Crippen MR) is 64.7 cm³/mol. The Balaban J connectivity index is 2.90. The van der Waals surface area contributed by atoms with E-state index in [1.165, 1.54) is 11.0 Å². The molecule has 1 aromatic carbocycles. The number of halogens is 4. The van der Waals surface area contributed by atoms with Crippen LogP contribution in [-0.2, 0) is 6.54 Å². The Hall–Kier alpha value is -0.940. The Kier molecular flexibility index (Phi) is 4.87. The summed E-state index contributed by atoms with van der Waals surface area (Å²) in [5, 5.41) is 9.89. The van der Waals surface area contributed by atoms with Crippen molar-refractivity contribution in [2.75, 3.05) is 6.54 Å². The first-order valence-corrected chi connectivity index (χ1v) is 5.85. The molecule has 1 aromatic rings. The summed E-state index contributed by atoms with van der Waals surface area (Å²) in [6.07, 6.45) is -4.28. The lowest BCUT2D eigenvalue weighted by Gasteiger charge is -2.28. The van der Waals surface area contributed by atoms with E-state index in [9.17, 15) is 18.3 Å². The maximum absolute atomic E-state index is 12.4. The molecule has 0 atom stereocenters. The number of alkyl halides is 3. The van der Waals surface area contributed by atoms with E-state index in [1.54, 1.807) is 26.0 Å². The van der Waals surface area contributed by atoms with Crippen LogP contribution in [0, 0.1) is 0 Å². The van der Waals surface area contributed by atoms with Crippen LogP contribution in [0.1, 0.15) is 19.4 Å². The molecule has 0 heterocycles. The summed E-state index contributed by atoms with van der Waals surface area (Å²) in [5.74, 6) is -0.0877. The average Bonchev–Trinajstić information content (AvgIpc) is 2.20. The van der Waals surface area contributed by atoms with E-state index in [4.69, 9.17) is 11.6 Å². The average molecular weight is 282 g/mol. The van der Waals surface area contributed by atoms with E-state index in [0.717, 1.165) is 0 Å². The molecule has 2 nitrogen and oxygen atoms in total. The highest BCUT2D eigenvalue weighted by Gasteiger charge is 2.32. The first-order valence-electron chi connectivity index (χ1n) is 5.48. The topological polar surface area (TPSA) is 23.5 Å². The van der Waals surface area contributed by atoms with Gasteiger partial charge in [0.15, 0.2) is 0 Å². The quantitative estimate of drug-likeness (QED) is 0.907. The van der Waals surface area contributed by atoms with E-state index < -0.39 is 12.7 Å². The molecular weight excluding hydrogens is 267 g/mol. The van der Waals surface area contributed by atoms with Crippen molar-refractivity contribution in [3.63, 3.8) is 0 Å². The van der Waals surface area contributed by atoms with Crippen LogP contribution in [0.3, 0.4) is 0 Å². The van der Waals surface area contributed by atoms with Crippen LogP contribution in [0.2, 0.25) is 5.02 Å². The van der Waals surface area contributed by atoms with Crippen LogP contribution in [-0.4, -0.2) is 28.8 Å². The second-order valence-electron chi connectivity index (χ2n) is 4.35. The molecule has 18 heavy (non-hydrogen) atoms. The van der Waals surface area contributed by atoms with Crippen LogP contribution >= 0.6 is 11.6 Å². The molecule has 0 aliphatic heterocycles. The molecule has 1 rings (SSSR count). The Bertz CT molecular complexity index is 387. The lowest BCUT2D eigenvalue weighted by Crippen LogP contribution is -2.38. The number of nitrogens with zero attached hydrogens (tertiary/aromatic N) is 1. The lowest BCUT2D eigenvalue weighted by atomic mass is 10.1. The molecule has 0 aliphatic carbocycles. The van der Waals surface area contributed by atoms with Crippen molar-refractivity contribution < 1.29 is 18.3 Å². The van der Waals surface area contributed by atoms with Gasteiger partial charge < -0.3 is 5.11 Å². The maximum atomic E-state index is 12.4. The van der Waals surface area contributed by atoms with Gasteiger partial charge in [-0.3, -0.25) is 4.90 Å². The Morgan fingerprint density at radius 2 is 1.94 bits per heavy atom. The number of phenolic OH excluding ortho intramolecular Hbond substituents is 1.